The average molecular weight is 445 g/mol. The van der Waals surface area contributed by atoms with Crippen LogP contribution in [0.25, 0.3) is 0 Å². The Hall–Kier alpha value is -2.62. The van der Waals surface area contributed by atoms with Crippen molar-refractivity contribution in [3.63, 3.8) is 0 Å². The van der Waals surface area contributed by atoms with E-state index in [1.807, 2.05) is 59.5 Å². The lowest BCUT2D eigenvalue weighted by Gasteiger charge is -2.22. The molecule has 0 bridgehead atoms. The third-order valence-electron chi connectivity index (χ3n) is 4.20. The molecule has 0 saturated carbocycles. The molecular weight excluding hydrogens is 420 g/mol. The number of hydrogen-bond donors (Lipinski definition) is 1. The lowest BCUT2D eigenvalue weighted by atomic mass is 10.2. The van der Waals surface area contributed by atoms with Gasteiger partial charge < -0.3 is 19.7 Å². The van der Waals surface area contributed by atoms with Crippen molar-refractivity contribution in [2.75, 3.05) is 38.4 Å². The summed E-state index contributed by atoms with van der Waals surface area (Å²) in [7, 11) is 3.27. The first-order valence-electron chi connectivity index (χ1n) is 9.36. The third-order valence-corrected chi connectivity index (χ3v) is 6.16. The molecule has 2 aromatic carbocycles. The van der Waals surface area contributed by atoms with Crippen LogP contribution in [0.5, 0.6) is 5.75 Å². The maximum Gasteiger partial charge on any atom is 0.233 e. The summed E-state index contributed by atoms with van der Waals surface area (Å²) in [5.74, 6) is 1.13. The molecule has 158 valence electrons. The highest BCUT2D eigenvalue weighted by Gasteiger charge is 2.16. The molecular formula is C21H24N4O3S2. The zero-order valence-electron chi connectivity index (χ0n) is 16.9. The number of thioether (sulfide) groups is 1. The van der Waals surface area contributed by atoms with Crippen LogP contribution in [-0.4, -0.2) is 54.1 Å². The number of amides is 1. The molecule has 1 heterocycles. The van der Waals surface area contributed by atoms with E-state index in [2.05, 4.69) is 15.5 Å². The first kappa shape index (κ1) is 22.1. The molecule has 0 aliphatic carbocycles. The van der Waals surface area contributed by atoms with Crippen molar-refractivity contribution in [2.45, 2.75) is 10.9 Å². The number of hydrogen-bond acceptors (Lipinski definition) is 8. The molecule has 0 spiro atoms. The molecule has 0 unspecified atom stereocenters. The quantitative estimate of drug-likeness (QED) is 0.447. The first-order valence-corrected chi connectivity index (χ1v) is 11.2. The van der Waals surface area contributed by atoms with Gasteiger partial charge in [-0.2, -0.15) is 0 Å². The number of methoxy groups -OCH3 is 2. The summed E-state index contributed by atoms with van der Waals surface area (Å²) in [5.41, 5.74) is 1.99. The van der Waals surface area contributed by atoms with Crippen LogP contribution < -0.4 is 10.1 Å². The van der Waals surface area contributed by atoms with Crippen LogP contribution in [0.1, 0.15) is 5.56 Å². The maximum absolute atomic E-state index is 12.8. The van der Waals surface area contributed by atoms with Crippen molar-refractivity contribution >= 4 is 39.8 Å². The van der Waals surface area contributed by atoms with Gasteiger partial charge >= 0.3 is 0 Å². The Kier molecular flexibility index (Phi) is 8.49. The Morgan fingerprint density at radius 3 is 2.57 bits per heavy atom. The van der Waals surface area contributed by atoms with E-state index in [4.69, 9.17) is 9.47 Å². The van der Waals surface area contributed by atoms with Crippen LogP contribution in [0.15, 0.2) is 58.9 Å². The molecule has 0 saturated heterocycles. The van der Waals surface area contributed by atoms with Gasteiger partial charge in [-0.15, -0.1) is 10.2 Å². The van der Waals surface area contributed by atoms with Gasteiger partial charge in [0.05, 0.1) is 19.5 Å². The maximum atomic E-state index is 12.8. The van der Waals surface area contributed by atoms with E-state index < -0.39 is 0 Å². The average Bonchev–Trinajstić information content (AvgIpc) is 3.23. The molecule has 0 radical (unpaired) electrons. The second-order valence-corrected chi connectivity index (χ2v) is 8.51. The molecule has 7 nitrogen and oxygen atoms in total. The van der Waals surface area contributed by atoms with Crippen molar-refractivity contribution in [1.29, 1.82) is 0 Å². The van der Waals surface area contributed by atoms with Gasteiger partial charge in [0.2, 0.25) is 11.0 Å². The molecule has 0 fully saturated rings. The topological polar surface area (TPSA) is 76.6 Å². The van der Waals surface area contributed by atoms with E-state index in [0.717, 1.165) is 21.3 Å². The highest BCUT2D eigenvalue weighted by Crippen LogP contribution is 2.28. The Bertz CT molecular complexity index is 920. The van der Waals surface area contributed by atoms with Crippen LogP contribution in [-0.2, 0) is 16.1 Å². The van der Waals surface area contributed by atoms with Crippen molar-refractivity contribution in [2.24, 2.45) is 0 Å². The minimum atomic E-state index is 0.0424. The van der Waals surface area contributed by atoms with Gasteiger partial charge in [-0.3, -0.25) is 4.79 Å². The molecule has 1 aromatic heterocycles. The fraction of sp³-hybridized carbons (Fsp3) is 0.286. The highest BCUT2D eigenvalue weighted by atomic mass is 32.2. The van der Waals surface area contributed by atoms with E-state index in [1.165, 1.54) is 23.1 Å². The number of carbonyl (C=O) groups is 1. The highest BCUT2D eigenvalue weighted by molar-refractivity contribution is 8.01. The van der Waals surface area contributed by atoms with Gasteiger partial charge in [-0.25, -0.2) is 0 Å². The molecule has 3 aromatic rings. The fourth-order valence-corrected chi connectivity index (χ4v) is 4.30. The van der Waals surface area contributed by atoms with Gasteiger partial charge in [0.15, 0.2) is 4.34 Å². The summed E-state index contributed by atoms with van der Waals surface area (Å²) in [6, 6.07) is 17.5. The van der Waals surface area contributed by atoms with Crippen molar-refractivity contribution in [3.05, 3.63) is 60.2 Å². The van der Waals surface area contributed by atoms with Crippen LogP contribution in [0.4, 0.5) is 10.8 Å². The summed E-state index contributed by atoms with van der Waals surface area (Å²) in [6.45, 7) is 1.60. The van der Waals surface area contributed by atoms with E-state index >= 15 is 0 Å². The number of rotatable bonds is 11. The monoisotopic (exact) mass is 444 g/mol. The molecule has 0 aliphatic rings. The van der Waals surface area contributed by atoms with Crippen LogP contribution >= 0.6 is 23.1 Å². The molecule has 1 amide bonds. The number of benzene rings is 2. The molecule has 9 heteroatoms. The van der Waals surface area contributed by atoms with Crippen LogP contribution in [0.3, 0.4) is 0 Å². The second-order valence-electron chi connectivity index (χ2n) is 6.31. The number of ether oxygens (including phenoxy) is 2. The summed E-state index contributed by atoms with van der Waals surface area (Å²) in [5, 5.41) is 12.2. The SMILES string of the molecule is COCCN(Cc1ccccc1)C(=O)CSc1nnc(Nc2ccc(OC)cc2)s1. The number of nitrogens with zero attached hydrogens (tertiary/aromatic N) is 3. The summed E-state index contributed by atoms with van der Waals surface area (Å²) in [4.78, 5) is 14.6. The normalized spacial score (nSPS) is 10.6. The van der Waals surface area contributed by atoms with Gasteiger partial charge in [0.25, 0.3) is 0 Å². The Morgan fingerprint density at radius 1 is 1.10 bits per heavy atom. The smallest absolute Gasteiger partial charge is 0.233 e. The van der Waals surface area contributed by atoms with Gasteiger partial charge in [0.1, 0.15) is 5.75 Å². The van der Waals surface area contributed by atoms with Crippen molar-refractivity contribution < 1.29 is 14.3 Å². The third kappa shape index (κ3) is 6.72. The molecule has 30 heavy (non-hydrogen) atoms. The molecule has 0 atom stereocenters. The van der Waals surface area contributed by atoms with Gasteiger partial charge in [0, 0.05) is 25.9 Å². The molecule has 0 aliphatic heterocycles. The molecule has 1 N–H and O–H groups in total. The zero-order chi connectivity index (χ0) is 21.2. The number of anilines is 2. The van der Waals surface area contributed by atoms with E-state index in [-0.39, 0.29) is 5.91 Å². The minimum absolute atomic E-state index is 0.0424. The first-order chi connectivity index (χ1) is 14.7. The van der Waals surface area contributed by atoms with Crippen LogP contribution in [0, 0.1) is 0 Å². The summed E-state index contributed by atoms with van der Waals surface area (Å²) < 4.78 is 11.1. The number of carbonyl (C=O) groups excluding carboxylic acids is 1. The number of nitrogens with one attached hydrogen (secondary N) is 1. The van der Waals surface area contributed by atoms with Gasteiger partial charge in [-0.05, 0) is 29.8 Å². The summed E-state index contributed by atoms with van der Waals surface area (Å²) >= 11 is 2.81. The standard InChI is InChI=1S/C21H24N4O3S2/c1-27-13-12-25(14-16-6-4-3-5-7-16)19(26)15-29-21-24-23-20(30-21)22-17-8-10-18(28-2)11-9-17/h3-11H,12-15H2,1-2H3,(H,22,23). The fourth-order valence-electron chi connectivity index (χ4n) is 2.63. The Morgan fingerprint density at radius 2 is 1.87 bits per heavy atom. The van der Waals surface area contributed by atoms with Gasteiger partial charge in [-0.1, -0.05) is 53.4 Å². The lowest BCUT2D eigenvalue weighted by Crippen LogP contribution is -2.34. The van der Waals surface area contributed by atoms with Crippen molar-refractivity contribution in [3.8, 4) is 5.75 Å². The predicted molar refractivity (Wildman–Crippen MR) is 121 cm³/mol. The Balaban J connectivity index is 1.54. The van der Waals surface area contributed by atoms with E-state index in [0.29, 0.717) is 30.6 Å². The summed E-state index contributed by atoms with van der Waals surface area (Å²) in [6.07, 6.45) is 0. The predicted octanol–water partition coefficient (Wildman–Crippen LogP) is 4.06. The van der Waals surface area contributed by atoms with E-state index in [1.54, 1.807) is 14.2 Å². The zero-order valence-corrected chi connectivity index (χ0v) is 18.5. The number of aromatic nitrogens is 2. The second kappa shape index (κ2) is 11.5. The molecule has 3 rings (SSSR count). The Labute approximate surface area is 184 Å². The van der Waals surface area contributed by atoms with Crippen molar-refractivity contribution in [1.82, 2.24) is 15.1 Å². The lowest BCUT2D eigenvalue weighted by molar-refractivity contribution is -0.129. The minimum Gasteiger partial charge on any atom is -0.497 e. The van der Waals surface area contributed by atoms with E-state index in [9.17, 15) is 4.79 Å². The van der Waals surface area contributed by atoms with Crippen LogP contribution in [0.2, 0.25) is 0 Å². The largest absolute Gasteiger partial charge is 0.497 e.